The van der Waals surface area contributed by atoms with Gasteiger partial charge in [-0.05, 0) is 26.7 Å². The second kappa shape index (κ2) is 5.43. The van der Waals surface area contributed by atoms with Crippen molar-refractivity contribution in [2.24, 2.45) is 0 Å². The summed E-state index contributed by atoms with van der Waals surface area (Å²) in [5.41, 5.74) is 0.0115. The molecular formula is C16H24N3O3+. The number of aliphatic hydroxyl groups excluding tert-OH is 1. The first-order valence-electron chi connectivity index (χ1n) is 7.87. The van der Waals surface area contributed by atoms with Crippen LogP contribution in [0.1, 0.15) is 51.1 Å². The monoisotopic (exact) mass is 306 g/mol. The van der Waals surface area contributed by atoms with Crippen LogP contribution in [0.15, 0.2) is 18.5 Å². The van der Waals surface area contributed by atoms with E-state index in [2.05, 4.69) is 0 Å². The van der Waals surface area contributed by atoms with Gasteiger partial charge in [0.15, 0.2) is 0 Å². The molecule has 2 atom stereocenters. The van der Waals surface area contributed by atoms with Crippen LogP contribution in [-0.4, -0.2) is 34.2 Å². The summed E-state index contributed by atoms with van der Waals surface area (Å²) in [5.74, 6) is 6.60. The first kappa shape index (κ1) is 15.1. The molecule has 1 aromatic heterocycles. The molecule has 0 spiro atoms. The van der Waals surface area contributed by atoms with E-state index in [1.54, 1.807) is 23.4 Å². The molecule has 1 amide bonds. The minimum atomic E-state index is -0.801. The van der Waals surface area contributed by atoms with Gasteiger partial charge in [0, 0.05) is 19.0 Å². The van der Waals surface area contributed by atoms with Crippen molar-refractivity contribution >= 4 is 5.91 Å². The molecule has 3 heterocycles. The summed E-state index contributed by atoms with van der Waals surface area (Å²) < 4.78 is 7.35. The number of nitrogens with zero attached hydrogens (tertiary/aromatic N) is 2. The fourth-order valence-electron chi connectivity index (χ4n) is 3.36. The first-order valence-corrected chi connectivity index (χ1v) is 7.87. The topological polar surface area (TPSA) is 79.7 Å². The molecule has 120 valence electrons. The molecule has 2 unspecified atom stereocenters. The third-order valence-corrected chi connectivity index (χ3v) is 4.62. The Bertz CT molecular complexity index is 588. The molecular weight excluding hydrogens is 282 g/mol. The van der Waals surface area contributed by atoms with Gasteiger partial charge in [0.25, 0.3) is 0 Å². The fourth-order valence-corrected chi connectivity index (χ4v) is 3.36. The van der Waals surface area contributed by atoms with Gasteiger partial charge in [-0.2, -0.15) is 0 Å². The molecule has 1 fully saturated rings. The number of pyridine rings is 1. The molecule has 6 nitrogen and oxygen atoms in total. The molecule has 0 aromatic carbocycles. The Labute approximate surface area is 130 Å². The van der Waals surface area contributed by atoms with Crippen molar-refractivity contribution in [1.29, 1.82) is 0 Å². The van der Waals surface area contributed by atoms with E-state index >= 15 is 0 Å². The molecule has 0 bridgehead atoms. The minimum absolute atomic E-state index is 0.0950. The Morgan fingerprint density at radius 2 is 2.18 bits per heavy atom. The SMILES string of the molecule is CC1(C)Oc2cc[n+](N)cc2C(N2CCCCCC2=O)C1O. The van der Waals surface area contributed by atoms with Crippen LogP contribution in [0.25, 0.3) is 0 Å². The molecule has 0 radical (unpaired) electrons. The largest absolute Gasteiger partial charge is 0.484 e. The van der Waals surface area contributed by atoms with E-state index in [1.165, 1.54) is 4.68 Å². The highest BCUT2D eigenvalue weighted by Gasteiger charge is 2.47. The Morgan fingerprint density at radius 3 is 2.95 bits per heavy atom. The summed E-state index contributed by atoms with van der Waals surface area (Å²) in [6, 6.07) is 1.37. The van der Waals surface area contributed by atoms with Gasteiger partial charge < -0.3 is 14.7 Å². The third-order valence-electron chi connectivity index (χ3n) is 4.62. The van der Waals surface area contributed by atoms with Crippen LogP contribution in [0.3, 0.4) is 0 Å². The van der Waals surface area contributed by atoms with Gasteiger partial charge in [-0.1, -0.05) is 11.1 Å². The molecule has 1 aromatic rings. The summed E-state index contributed by atoms with van der Waals surface area (Å²) in [5, 5.41) is 10.8. The van der Waals surface area contributed by atoms with Crippen LogP contribution in [0.5, 0.6) is 5.75 Å². The lowest BCUT2D eigenvalue weighted by Gasteiger charge is -2.45. The zero-order valence-corrected chi connectivity index (χ0v) is 13.2. The van der Waals surface area contributed by atoms with Gasteiger partial charge in [-0.25, -0.2) is 5.84 Å². The molecule has 22 heavy (non-hydrogen) atoms. The Hall–Kier alpha value is -1.82. The number of hydrogen-bond acceptors (Lipinski definition) is 4. The fraction of sp³-hybridized carbons (Fsp3) is 0.625. The van der Waals surface area contributed by atoms with Gasteiger partial charge in [0.1, 0.15) is 17.5 Å². The lowest BCUT2D eigenvalue weighted by molar-refractivity contribution is -0.639. The number of likely N-dealkylation sites (tertiary alicyclic amines) is 1. The number of rotatable bonds is 1. The maximum Gasteiger partial charge on any atom is 0.223 e. The normalized spacial score (nSPS) is 27.8. The van der Waals surface area contributed by atoms with Crippen molar-refractivity contribution < 1.29 is 19.3 Å². The quantitative estimate of drug-likeness (QED) is 0.590. The lowest BCUT2D eigenvalue weighted by Crippen LogP contribution is -2.56. The van der Waals surface area contributed by atoms with Crippen molar-refractivity contribution in [3.63, 3.8) is 0 Å². The van der Waals surface area contributed by atoms with E-state index in [4.69, 9.17) is 10.6 Å². The average Bonchev–Trinajstić information content (AvgIpc) is 2.66. The van der Waals surface area contributed by atoms with Crippen LogP contribution in [-0.2, 0) is 4.79 Å². The third kappa shape index (κ3) is 2.52. The Balaban J connectivity index is 2.07. The average molecular weight is 306 g/mol. The minimum Gasteiger partial charge on any atom is -0.484 e. The van der Waals surface area contributed by atoms with E-state index in [-0.39, 0.29) is 5.91 Å². The summed E-state index contributed by atoms with van der Waals surface area (Å²) in [6.45, 7) is 4.36. The zero-order valence-electron chi connectivity index (χ0n) is 13.2. The van der Waals surface area contributed by atoms with Gasteiger partial charge in [-0.15, -0.1) is 0 Å². The molecule has 2 aliphatic rings. The summed E-state index contributed by atoms with van der Waals surface area (Å²) in [6.07, 6.45) is 6.09. The van der Waals surface area contributed by atoms with E-state index in [9.17, 15) is 9.90 Å². The van der Waals surface area contributed by atoms with Crippen LogP contribution < -0.4 is 15.3 Å². The van der Waals surface area contributed by atoms with Gasteiger partial charge in [0.05, 0.1) is 11.6 Å². The van der Waals surface area contributed by atoms with E-state index < -0.39 is 17.7 Å². The second-order valence-corrected chi connectivity index (χ2v) is 6.70. The number of fused-ring (bicyclic) bond motifs is 1. The Kier molecular flexibility index (Phi) is 3.72. The second-order valence-electron chi connectivity index (χ2n) is 6.70. The van der Waals surface area contributed by atoms with E-state index in [0.29, 0.717) is 18.7 Å². The molecule has 6 heteroatoms. The standard InChI is InChI=1S/C16H24N3O3/c1-16(2)15(21)14(19-8-5-3-4-6-13(19)20)11-10-18(17)9-7-12(11)22-16/h7,9-10,14-15,21H,3-6,8,17H2,1-2H3/q+1. The van der Waals surface area contributed by atoms with Crippen LogP contribution in [0, 0.1) is 0 Å². The molecule has 0 saturated carbocycles. The van der Waals surface area contributed by atoms with Gasteiger partial charge in [0.2, 0.25) is 18.3 Å². The van der Waals surface area contributed by atoms with Crippen LogP contribution in [0.4, 0.5) is 0 Å². The first-order chi connectivity index (χ1) is 10.4. The smallest absolute Gasteiger partial charge is 0.223 e. The van der Waals surface area contributed by atoms with E-state index in [1.807, 2.05) is 13.8 Å². The maximum atomic E-state index is 12.5. The number of nitrogens with two attached hydrogens (primary N) is 1. The zero-order chi connectivity index (χ0) is 15.9. The number of carbonyl (C=O) groups is 1. The Morgan fingerprint density at radius 1 is 1.41 bits per heavy atom. The number of amides is 1. The molecule has 2 aliphatic heterocycles. The van der Waals surface area contributed by atoms with Gasteiger partial charge in [-0.3, -0.25) is 4.79 Å². The van der Waals surface area contributed by atoms with Crippen LogP contribution in [0.2, 0.25) is 0 Å². The highest BCUT2D eigenvalue weighted by molar-refractivity contribution is 5.77. The van der Waals surface area contributed by atoms with Crippen molar-refractivity contribution in [1.82, 2.24) is 4.90 Å². The number of hydrogen-bond donors (Lipinski definition) is 2. The van der Waals surface area contributed by atoms with Crippen molar-refractivity contribution in [3.05, 3.63) is 24.0 Å². The summed E-state index contributed by atoms with van der Waals surface area (Å²) in [7, 11) is 0. The predicted molar refractivity (Wildman–Crippen MR) is 80.4 cm³/mol. The van der Waals surface area contributed by atoms with Crippen molar-refractivity contribution in [2.75, 3.05) is 12.4 Å². The summed E-state index contributed by atoms with van der Waals surface area (Å²) in [4.78, 5) is 14.3. The van der Waals surface area contributed by atoms with Crippen LogP contribution >= 0.6 is 0 Å². The highest BCUT2D eigenvalue weighted by Crippen LogP contribution is 2.42. The molecule has 1 saturated heterocycles. The summed E-state index contributed by atoms with van der Waals surface area (Å²) >= 11 is 0. The number of aliphatic hydroxyl groups is 1. The number of aromatic nitrogens is 1. The molecule has 3 N–H and O–H groups in total. The predicted octanol–water partition coefficient (Wildman–Crippen LogP) is 0.663. The van der Waals surface area contributed by atoms with E-state index in [0.717, 1.165) is 24.8 Å². The van der Waals surface area contributed by atoms with Crippen molar-refractivity contribution in [3.8, 4) is 5.75 Å². The molecule has 3 rings (SSSR count). The highest BCUT2D eigenvalue weighted by atomic mass is 16.5. The van der Waals surface area contributed by atoms with Gasteiger partial charge >= 0.3 is 0 Å². The maximum absolute atomic E-state index is 12.5. The molecule has 0 aliphatic carbocycles. The number of ether oxygens (including phenoxy) is 1. The lowest BCUT2D eigenvalue weighted by atomic mass is 9.86. The number of carbonyl (C=O) groups excluding carboxylic acids is 1. The van der Waals surface area contributed by atoms with Crippen molar-refractivity contribution in [2.45, 2.75) is 57.3 Å². The number of nitrogen functional groups attached to an aromatic ring is 1.